The third-order valence-corrected chi connectivity index (χ3v) is 5.59. The van der Waals surface area contributed by atoms with Crippen molar-refractivity contribution in [3.63, 3.8) is 0 Å². The van der Waals surface area contributed by atoms with Crippen LogP contribution in [0, 0.1) is 25.7 Å². The summed E-state index contributed by atoms with van der Waals surface area (Å²) >= 11 is 0. The lowest BCUT2D eigenvalue weighted by molar-refractivity contribution is -0.137. The summed E-state index contributed by atoms with van der Waals surface area (Å²) in [6.07, 6.45) is 2.82. The van der Waals surface area contributed by atoms with E-state index in [0.717, 1.165) is 49.4 Å². The number of imidazole rings is 1. The van der Waals surface area contributed by atoms with Gasteiger partial charge >= 0.3 is 0 Å². The first kappa shape index (κ1) is 17.3. The molecule has 140 valence electrons. The number of ether oxygens (including phenoxy) is 2. The van der Waals surface area contributed by atoms with Gasteiger partial charge in [-0.1, -0.05) is 0 Å². The molecule has 2 saturated heterocycles. The minimum atomic E-state index is 0.0700. The Kier molecular flexibility index (Phi) is 4.80. The average Bonchev–Trinajstić information content (AvgIpc) is 3.29. The lowest BCUT2D eigenvalue weighted by Gasteiger charge is -2.33. The van der Waals surface area contributed by atoms with E-state index >= 15 is 0 Å². The van der Waals surface area contributed by atoms with Crippen molar-refractivity contribution in [2.45, 2.75) is 33.1 Å². The molecule has 2 aromatic rings. The van der Waals surface area contributed by atoms with Crippen molar-refractivity contribution in [2.75, 3.05) is 32.9 Å². The summed E-state index contributed by atoms with van der Waals surface area (Å²) in [5, 5.41) is 4.53. The SMILES string of the molecule is Cc1nc2ccc(OCC3CCN(C(=O)C4CCOC4)CC3)nn2c1C. The molecule has 26 heavy (non-hydrogen) atoms. The molecule has 1 atom stereocenters. The number of aryl methyl sites for hydroxylation is 2. The van der Waals surface area contributed by atoms with E-state index in [1.54, 1.807) is 0 Å². The van der Waals surface area contributed by atoms with E-state index in [9.17, 15) is 4.79 Å². The van der Waals surface area contributed by atoms with Crippen molar-refractivity contribution in [3.05, 3.63) is 23.5 Å². The van der Waals surface area contributed by atoms with E-state index in [1.807, 2.05) is 35.4 Å². The van der Waals surface area contributed by atoms with Gasteiger partial charge in [-0.3, -0.25) is 4.79 Å². The summed E-state index contributed by atoms with van der Waals surface area (Å²) < 4.78 is 13.1. The minimum Gasteiger partial charge on any atom is -0.476 e. The zero-order chi connectivity index (χ0) is 18.1. The molecule has 1 unspecified atom stereocenters. The van der Waals surface area contributed by atoms with Crippen LogP contribution in [0.2, 0.25) is 0 Å². The smallest absolute Gasteiger partial charge is 0.231 e. The molecule has 0 bridgehead atoms. The van der Waals surface area contributed by atoms with Gasteiger partial charge in [0.05, 0.1) is 30.5 Å². The highest BCUT2D eigenvalue weighted by Crippen LogP contribution is 2.23. The Morgan fingerprint density at radius 2 is 2.08 bits per heavy atom. The first-order chi connectivity index (χ1) is 12.6. The summed E-state index contributed by atoms with van der Waals surface area (Å²) in [5.41, 5.74) is 2.86. The monoisotopic (exact) mass is 358 g/mol. The van der Waals surface area contributed by atoms with Crippen LogP contribution in [0.5, 0.6) is 5.88 Å². The van der Waals surface area contributed by atoms with Gasteiger partial charge in [-0.25, -0.2) is 9.50 Å². The number of hydrogen-bond donors (Lipinski definition) is 0. The number of amides is 1. The lowest BCUT2D eigenvalue weighted by Crippen LogP contribution is -2.42. The molecule has 2 fully saturated rings. The zero-order valence-electron chi connectivity index (χ0n) is 15.5. The molecule has 7 heteroatoms. The van der Waals surface area contributed by atoms with Crippen LogP contribution >= 0.6 is 0 Å². The Labute approximate surface area is 153 Å². The summed E-state index contributed by atoms with van der Waals surface area (Å²) in [6.45, 7) is 7.56. The van der Waals surface area contributed by atoms with Gasteiger partial charge in [-0.15, -0.1) is 5.10 Å². The fraction of sp³-hybridized carbons (Fsp3) is 0.632. The van der Waals surface area contributed by atoms with Gasteiger partial charge in [0.15, 0.2) is 5.65 Å². The van der Waals surface area contributed by atoms with Gasteiger partial charge in [0.2, 0.25) is 11.8 Å². The Bertz CT molecular complexity index is 789. The second-order valence-electron chi connectivity index (χ2n) is 7.36. The van der Waals surface area contributed by atoms with Gasteiger partial charge in [-0.2, -0.15) is 0 Å². The van der Waals surface area contributed by atoms with Gasteiger partial charge in [0.1, 0.15) is 0 Å². The maximum absolute atomic E-state index is 12.4. The van der Waals surface area contributed by atoms with E-state index in [-0.39, 0.29) is 11.8 Å². The highest BCUT2D eigenvalue weighted by Gasteiger charge is 2.30. The minimum absolute atomic E-state index is 0.0700. The van der Waals surface area contributed by atoms with Crippen molar-refractivity contribution < 1.29 is 14.3 Å². The van der Waals surface area contributed by atoms with E-state index in [0.29, 0.717) is 31.6 Å². The van der Waals surface area contributed by atoms with Crippen LogP contribution in [0.1, 0.15) is 30.7 Å². The number of hydrogen-bond acceptors (Lipinski definition) is 5. The van der Waals surface area contributed by atoms with Crippen LogP contribution in [0.15, 0.2) is 12.1 Å². The van der Waals surface area contributed by atoms with E-state index in [1.165, 1.54) is 0 Å². The Hall–Kier alpha value is -2.15. The van der Waals surface area contributed by atoms with Crippen LogP contribution in [-0.4, -0.2) is 58.3 Å². The Morgan fingerprint density at radius 3 is 2.81 bits per heavy atom. The third-order valence-electron chi connectivity index (χ3n) is 5.59. The molecule has 1 amide bonds. The van der Waals surface area contributed by atoms with Crippen molar-refractivity contribution in [1.82, 2.24) is 19.5 Å². The van der Waals surface area contributed by atoms with Crippen molar-refractivity contribution in [1.29, 1.82) is 0 Å². The van der Waals surface area contributed by atoms with E-state index in [4.69, 9.17) is 9.47 Å². The largest absolute Gasteiger partial charge is 0.476 e. The lowest BCUT2D eigenvalue weighted by atomic mass is 9.96. The molecule has 2 aliphatic rings. The number of fused-ring (bicyclic) bond motifs is 1. The average molecular weight is 358 g/mol. The molecule has 4 rings (SSSR count). The summed E-state index contributed by atoms with van der Waals surface area (Å²) in [7, 11) is 0. The molecule has 0 aromatic carbocycles. The van der Waals surface area contributed by atoms with Crippen LogP contribution < -0.4 is 4.74 Å². The van der Waals surface area contributed by atoms with Crippen molar-refractivity contribution in [3.8, 4) is 5.88 Å². The first-order valence-corrected chi connectivity index (χ1v) is 9.44. The number of aromatic nitrogens is 3. The number of rotatable bonds is 4. The number of carbonyl (C=O) groups is 1. The van der Waals surface area contributed by atoms with Gasteiger partial charge < -0.3 is 14.4 Å². The standard InChI is InChI=1S/C19H26N4O3/c1-13-14(2)23-17(20-13)3-4-18(21-23)26-11-15-5-8-22(9-6-15)19(24)16-7-10-25-12-16/h3-4,15-16H,5-12H2,1-2H3. The predicted molar refractivity (Wildman–Crippen MR) is 96.2 cm³/mol. The highest BCUT2D eigenvalue weighted by atomic mass is 16.5. The van der Waals surface area contributed by atoms with Gasteiger partial charge in [0.25, 0.3) is 0 Å². The molecule has 0 saturated carbocycles. The molecule has 0 spiro atoms. The van der Waals surface area contributed by atoms with Crippen molar-refractivity contribution in [2.24, 2.45) is 11.8 Å². The molecule has 0 N–H and O–H groups in total. The summed E-state index contributed by atoms with van der Waals surface area (Å²) in [6, 6.07) is 3.81. The van der Waals surface area contributed by atoms with E-state index in [2.05, 4.69) is 10.1 Å². The fourth-order valence-electron chi connectivity index (χ4n) is 3.72. The first-order valence-electron chi connectivity index (χ1n) is 9.44. The Balaban J connectivity index is 1.29. The van der Waals surface area contributed by atoms with Crippen LogP contribution in [0.4, 0.5) is 0 Å². The van der Waals surface area contributed by atoms with Crippen LogP contribution in [-0.2, 0) is 9.53 Å². The highest BCUT2D eigenvalue weighted by molar-refractivity contribution is 5.79. The molecular weight excluding hydrogens is 332 g/mol. The second-order valence-corrected chi connectivity index (χ2v) is 7.36. The molecular formula is C19H26N4O3. The summed E-state index contributed by atoms with van der Waals surface area (Å²) in [4.78, 5) is 18.9. The number of piperidine rings is 1. The quantitative estimate of drug-likeness (QED) is 0.836. The molecule has 0 radical (unpaired) electrons. The summed E-state index contributed by atoms with van der Waals surface area (Å²) in [5.74, 6) is 1.42. The number of carbonyl (C=O) groups excluding carboxylic acids is 1. The number of nitrogens with zero attached hydrogens (tertiary/aromatic N) is 4. The van der Waals surface area contributed by atoms with Crippen LogP contribution in [0.25, 0.3) is 5.65 Å². The zero-order valence-corrected chi connectivity index (χ0v) is 15.5. The second kappa shape index (κ2) is 7.23. The topological polar surface area (TPSA) is 69.0 Å². The van der Waals surface area contributed by atoms with Gasteiger partial charge in [0, 0.05) is 25.8 Å². The molecule has 2 aromatic heterocycles. The predicted octanol–water partition coefficient (Wildman–Crippen LogP) is 2.00. The Morgan fingerprint density at radius 1 is 1.27 bits per heavy atom. The maximum atomic E-state index is 12.4. The molecule has 4 heterocycles. The van der Waals surface area contributed by atoms with E-state index < -0.39 is 0 Å². The normalized spacial score (nSPS) is 21.5. The molecule has 7 nitrogen and oxygen atoms in total. The van der Waals surface area contributed by atoms with Gasteiger partial charge in [-0.05, 0) is 45.1 Å². The number of likely N-dealkylation sites (tertiary alicyclic amines) is 1. The third kappa shape index (κ3) is 3.40. The molecule has 2 aliphatic heterocycles. The fourth-order valence-corrected chi connectivity index (χ4v) is 3.72. The molecule has 0 aliphatic carbocycles. The van der Waals surface area contributed by atoms with Crippen LogP contribution in [0.3, 0.4) is 0 Å². The van der Waals surface area contributed by atoms with Crippen molar-refractivity contribution >= 4 is 11.6 Å². The maximum Gasteiger partial charge on any atom is 0.231 e.